The van der Waals surface area contributed by atoms with Gasteiger partial charge in [0, 0.05) is 23.2 Å². The molecule has 1 N–H and O–H groups in total. The molecule has 0 spiro atoms. The van der Waals surface area contributed by atoms with Gasteiger partial charge in [-0.1, -0.05) is 18.5 Å². The lowest BCUT2D eigenvalue weighted by Crippen LogP contribution is -2.33. The number of nitrogens with zero attached hydrogens (tertiary/aromatic N) is 2. The summed E-state index contributed by atoms with van der Waals surface area (Å²) in [7, 11) is 1.48. The summed E-state index contributed by atoms with van der Waals surface area (Å²) in [5, 5.41) is 7.44. The van der Waals surface area contributed by atoms with Crippen molar-refractivity contribution < 1.29 is 18.7 Å². The average Bonchev–Trinajstić information content (AvgIpc) is 2.76. The van der Waals surface area contributed by atoms with Crippen molar-refractivity contribution in [3.05, 3.63) is 75.3 Å². The van der Waals surface area contributed by atoms with Gasteiger partial charge in [0.15, 0.2) is 6.10 Å². The monoisotopic (exact) mass is 445 g/mol. The van der Waals surface area contributed by atoms with Gasteiger partial charge in [-0.25, -0.2) is 4.39 Å². The third kappa shape index (κ3) is 5.21. The molecule has 162 valence electrons. The molecule has 0 radical (unpaired) electrons. The zero-order chi connectivity index (χ0) is 22.5. The number of carbonyl (C=O) groups excluding carboxylic acids is 1. The highest BCUT2D eigenvalue weighted by Gasteiger charge is 2.21. The summed E-state index contributed by atoms with van der Waals surface area (Å²) in [5.41, 5.74) is 1.19. The molecular weight excluding hydrogens is 425 g/mol. The topological polar surface area (TPSA) is 82.5 Å². The van der Waals surface area contributed by atoms with Gasteiger partial charge < -0.3 is 14.8 Å². The molecule has 31 heavy (non-hydrogen) atoms. The number of aromatic nitrogens is 2. The summed E-state index contributed by atoms with van der Waals surface area (Å²) in [6.07, 6.45) is -0.537. The Hall–Kier alpha value is -3.39. The van der Waals surface area contributed by atoms with E-state index < -0.39 is 23.4 Å². The minimum absolute atomic E-state index is 0.0742. The maximum Gasteiger partial charge on any atom is 0.271 e. The lowest BCUT2D eigenvalue weighted by molar-refractivity contribution is -0.123. The Labute approximate surface area is 183 Å². The molecule has 0 fully saturated rings. The number of nitrogens with one attached hydrogen (secondary N) is 1. The number of hydrogen-bond acceptors (Lipinski definition) is 5. The molecule has 2 aromatic carbocycles. The summed E-state index contributed by atoms with van der Waals surface area (Å²) < 4.78 is 25.3. The lowest BCUT2D eigenvalue weighted by atomic mass is 10.2. The Morgan fingerprint density at radius 2 is 1.94 bits per heavy atom. The van der Waals surface area contributed by atoms with Crippen LogP contribution >= 0.6 is 11.6 Å². The quantitative estimate of drug-likeness (QED) is 0.591. The number of carbonyl (C=O) groups is 1. The first-order chi connectivity index (χ1) is 14.8. The molecular formula is C22H21ClFN3O4. The Balaban J connectivity index is 1.82. The van der Waals surface area contributed by atoms with E-state index in [2.05, 4.69) is 10.4 Å². The number of benzene rings is 2. The third-order valence-electron chi connectivity index (χ3n) is 4.51. The van der Waals surface area contributed by atoms with Gasteiger partial charge in [0.2, 0.25) is 5.88 Å². The highest BCUT2D eigenvalue weighted by molar-refractivity contribution is 6.31. The lowest BCUT2D eigenvalue weighted by Gasteiger charge is -2.18. The smallest absolute Gasteiger partial charge is 0.271 e. The SMILES string of the molecule is CC[C@H](Oc1ccc(=O)n(-c2ccc(F)cc2)n1)C(=O)Nc1cc(C)c(Cl)cc1OC. The van der Waals surface area contributed by atoms with Crippen molar-refractivity contribution in [1.29, 1.82) is 0 Å². The van der Waals surface area contributed by atoms with Crippen LogP contribution in [0.5, 0.6) is 11.6 Å². The van der Waals surface area contributed by atoms with Crippen molar-refractivity contribution in [2.75, 3.05) is 12.4 Å². The van der Waals surface area contributed by atoms with E-state index in [0.717, 1.165) is 10.2 Å². The standard InChI is InChI=1S/C22H21ClFN3O4/c1-4-18(22(29)25-17-11-13(2)16(23)12-19(17)30-3)31-20-9-10-21(28)27(26-20)15-7-5-14(24)6-8-15/h5-12,18H,4H2,1-3H3,(H,25,29)/t18-/m0/s1. The second kappa shape index (κ2) is 9.61. The zero-order valence-corrected chi connectivity index (χ0v) is 17.9. The molecule has 9 heteroatoms. The van der Waals surface area contributed by atoms with Crippen molar-refractivity contribution in [1.82, 2.24) is 9.78 Å². The van der Waals surface area contributed by atoms with E-state index in [4.69, 9.17) is 21.1 Å². The number of anilines is 1. The fourth-order valence-corrected chi connectivity index (χ4v) is 2.99. The minimum Gasteiger partial charge on any atom is -0.495 e. The highest BCUT2D eigenvalue weighted by Crippen LogP contribution is 2.31. The Bertz CT molecular complexity index is 1150. The van der Waals surface area contributed by atoms with Gasteiger partial charge in [0.05, 0.1) is 18.5 Å². The number of methoxy groups -OCH3 is 1. The zero-order valence-electron chi connectivity index (χ0n) is 17.2. The number of rotatable bonds is 7. The van der Waals surface area contributed by atoms with E-state index >= 15 is 0 Å². The van der Waals surface area contributed by atoms with Gasteiger partial charge >= 0.3 is 0 Å². The molecule has 0 saturated carbocycles. The third-order valence-corrected chi connectivity index (χ3v) is 4.92. The molecule has 0 bridgehead atoms. The largest absolute Gasteiger partial charge is 0.495 e. The van der Waals surface area contributed by atoms with Crippen LogP contribution < -0.4 is 20.3 Å². The Kier molecular flexibility index (Phi) is 6.91. The van der Waals surface area contributed by atoms with Crippen molar-refractivity contribution >= 4 is 23.2 Å². The van der Waals surface area contributed by atoms with Crippen LogP contribution in [0, 0.1) is 12.7 Å². The number of amides is 1. The first-order valence-corrected chi connectivity index (χ1v) is 9.88. The number of hydrogen-bond donors (Lipinski definition) is 1. The van der Waals surface area contributed by atoms with Crippen LogP contribution in [0.3, 0.4) is 0 Å². The number of ether oxygens (including phenoxy) is 2. The van der Waals surface area contributed by atoms with Crippen LogP contribution in [0.4, 0.5) is 10.1 Å². The number of halogens is 2. The first-order valence-electron chi connectivity index (χ1n) is 9.50. The van der Waals surface area contributed by atoms with Gasteiger partial charge in [0.25, 0.3) is 11.5 Å². The molecule has 7 nitrogen and oxygen atoms in total. The van der Waals surface area contributed by atoms with E-state index in [0.29, 0.717) is 28.6 Å². The summed E-state index contributed by atoms with van der Waals surface area (Å²) in [6.45, 7) is 3.60. The molecule has 1 heterocycles. The van der Waals surface area contributed by atoms with E-state index in [9.17, 15) is 14.0 Å². The van der Waals surface area contributed by atoms with E-state index in [1.54, 1.807) is 19.1 Å². The van der Waals surface area contributed by atoms with Crippen molar-refractivity contribution in [3.63, 3.8) is 0 Å². The molecule has 1 amide bonds. The second-order valence-corrected chi connectivity index (χ2v) is 7.11. The first kappa shape index (κ1) is 22.3. The van der Waals surface area contributed by atoms with Gasteiger partial charge in [-0.15, -0.1) is 5.10 Å². The predicted octanol–water partition coefficient (Wildman–Crippen LogP) is 4.14. The summed E-state index contributed by atoms with van der Waals surface area (Å²) >= 11 is 6.11. The van der Waals surface area contributed by atoms with Gasteiger partial charge in [-0.3, -0.25) is 9.59 Å². The summed E-state index contributed by atoms with van der Waals surface area (Å²) in [4.78, 5) is 25.0. The van der Waals surface area contributed by atoms with Crippen LogP contribution in [-0.2, 0) is 4.79 Å². The molecule has 0 aliphatic heterocycles. The van der Waals surface area contributed by atoms with Crippen LogP contribution in [0.2, 0.25) is 5.02 Å². The number of aryl methyl sites for hydroxylation is 1. The van der Waals surface area contributed by atoms with Crippen molar-refractivity contribution in [3.8, 4) is 17.3 Å². The second-order valence-electron chi connectivity index (χ2n) is 6.70. The maximum absolute atomic E-state index is 13.2. The highest BCUT2D eigenvalue weighted by atomic mass is 35.5. The predicted molar refractivity (Wildman–Crippen MR) is 116 cm³/mol. The molecule has 0 aliphatic rings. The fraction of sp³-hybridized carbons (Fsp3) is 0.227. The molecule has 0 aliphatic carbocycles. The molecule has 0 unspecified atom stereocenters. The fourth-order valence-electron chi connectivity index (χ4n) is 2.84. The average molecular weight is 446 g/mol. The van der Waals surface area contributed by atoms with Crippen molar-refractivity contribution in [2.45, 2.75) is 26.4 Å². The molecule has 0 saturated heterocycles. The Morgan fingerprint density at radius 1 is 1.23 bits per heavy atom. The Morgan fingerprint density at radius 3 is 2.58 bits per heavy atom. The van der Waals surface area contributed by atoms with E-state index in [1.807, 2.05) is 6.92 Å². The molecule has 3 rings (SSSR count). The molecule has 3 aromatic rings. The van der Waals surface area contributed by atoms with Crippen LogP contribution in [0.1, 0.15) is 18.9 Å². The van der Waals surface area contributed by atoms with Crippen LogP contribution in [0.25, 0.3) is 5.69 Å². The van der Waals surface area contributed by atoms with Crippen LogP contribution in [0.15, 0.2) is 53.3 Å². The minimum atomic E-state index is -0.882. The van der Waals surface area contributed by atoms with Gasteiger partial charge in [-0.2, -0.15) is 4.68 Å². The van der Waals surface area contributed by atoms with Gasteiger partial charge in [-0.05, 0) is 49.2 Å². The van der Waals surface area contributed by atoms with Crippen LogP contribution in [-0.4, -0.2) is 28.9 Å². The molecule has 1 atom stereocenters. The summed E-state index contributed by atoms with van der Waals surface area (Å²) in [6, 6.07) is 11.3. The van der Waals surface area contributed by atoms with Gasteiger partial charge in [0.1, 0.15) is 11.6 Å². The van der Waals surface area contributed by atoms with E-state index in [1.165, 1.54) is 43.5 Å². The maximum atomic E-state index is 13.2. The molecule has 1 aromatic heterocycles. The van der Waals surface area contributed by atoms with Crippen molar-refractivity contribution in [2.24, 2.45) is 0 Å². The summed E-state index contributed by atoms with van der Waals surface area (Å²) in [5.74, 6) is -0.351. The normalized spacial score (nSPS) is 11.6. The van der Waals surface area contributed by atoms with E-state index in [-0.39, 0.29) is 5.88 Å².